The van der Waals surface area contributed by atoms with Gasteiger partial charge in [-0.05, 0) is 25.1 Å². The summed E-state index contributed by atoms with van der Waals surface area (Å²) < 4.78 is 13.6. The maximum absolute atomic E-state index is 13.6. The molecule has 21 heavy (non-hydrogen) atoms. The molecule has 0 saturated carbocycles. The van der Waals surface area contributed by atoms with Gasteiger partial charge in [-0.3, -0.25) is 4.79 Å². The molecule has 4 heteroatoms. The first-order chi connectivity index (χ1) is 10.0. The Balaban J connectivity index is 1.87. The number of amides is 1. The Morgan fingerprint density at radius 3 is 2.48 bits per heavy atom. The predicted octanol–water partition coefficient (Wildman–Crippen LogP) is 1.79. The number of aryl methyl sites for hydroxylation is 1. The van der Waals surface area contributed by atoms with E-state index in [2.05, 4.69) is 5.32 Å². The van der Waals surface area contributed by atoms with Gasteiger partial charge in [0.1, 0.15) is 12.4 Å². The van der Waals surface area contributed by atoms with Crippen molar-refractivity contribution in [3.63, 3.8) is 0 Å². The molecule has 0 aromatic heterocycles. The van der Waals surface area contributed by atoms with Crippen LogP contribution < -0.4 is 10.2 Å². The van der Waals surface area contributed by atoms with E-state index in [9.17, 15) is 9.18 Å². The van der Waals surface area contributed by atoms with E-state index in [1.165, 1.54) is 6.07 Å². The average molecular weight is 287 g/mol. The van der Waals surface area contributed by atoms with E-state index in [-0.39, 0.29) is 11.7 Å². The number of halogens is 1. The Morgan fingerprint density at radius 2 is 1.81 bits per heavy atom. The SMILES string of the molecule is Cc1ccc(NC(=O)C[NH+](C)Cc2ccccc2F)cc1. The summed E-state index contributed by atoms with van der Waals surface area (Å²) in [5, 5.41) is 2.85. The molecule has 0 aliphatic heterocycles. The maximum Gasteiger partial charge on any atom is 0.279 e. The Hall–Kier alpha value is -2.20. The zero-order valence-corrected chi connectivity index (χ0v) is 12.3. The zero-order chi connectivity index (χ0) is 15.2. The highest BCUT2D eigenvalue weighted by Gasteiger charge is 2.12. The molecule has 0 spiro atoms. The molecule has 0 heterocycles. The highest BCUT2D eigenvalue weighted by Crippen LogP contribution is 2.08. The van der Waals surface area contributed by atoms with Crippen molar-refractivity contribution in [3.05, 3.63) is 65.5 Å². The monoisotopic (exact) mass is 287 g/mol. The van der Waals surface area contributed by atoms with E-state index in [1.54, 1.807) is 18.2 Å². The molecule has 3 nitrogen and oxygen atoms in total. The Labute approximate surface area is 124 Å². The normalized spacial score (nSPS) is 12.0. The van der Waals surface area contributed by atoms with Crippen LogP contribution in [0.3, 0.4) is 0 Å². The van der Waals surface area contributed by atoms with Crippen molar-refractivity contribution in [1.82, 2.24) is 0 Å². The second-order valence-corrected chi connectivity index (χ2v) is 5.32. The molecule has 2 aromatic carbocycles. The lowest BCUT2D eigenvalue weighted by Gasteiger charge is -2.14. The third-order valence-corrected chi connectivity index (χ3v) is 3.25. The molecule has 0 radical (unpaired) electrons. The molecular formula is C17H20FN2O+. The molecule has 0 aliphatic carbocycles. The van der Waals surface area contributed by atoms with E-state index >= 15 is 0 Å². The van der Waals surface area contributed by atoms with Crippen LogP contribution in [0.25, 0.3) is 0 Å². The van der Waals surface area contributed by atoms with Gasteiger partial charge in [0.25, 0.3) is 5.91 Å². The van der Waals surface area contributed by atoms with Crippen LogP contribution in [-0.4, -0.2) is 19.5 Å². The number of hydrogen-bond donors (Lipinski definition) is 2. The van der Waals surface area contributed by atoms with Gasteiger partial charge >= 0.3 is 0 Å². The number of quaternary nitrogens is 1. The summed E-state index contributed by atoms with van der Waals surface area (Å²) in [5.41, 5.74) is 2.55. The molecular weight excluding hydrogens is 267 g/mol. The minimum Gasteiger partial charge on any atom is -0.326 e. The van der Waals surface area contributed by atoms with Crippen molar-refractivity contribution in [2.24, 2.45) is 0 Å². The Bertz CT molecular complexity index is 610. The summed E-state index contributed by atoms with van der Waals surface area (Å²) >= 11 is 0. The Morgan fingerprint density at radius 1 is 1.14 bits per heavy atom. The number of carbonyl (C=O) groups is 1. The van der Waals surface area contributed by atoms with Crippen molar-refractivity contribution in [3.8, 4) is 0 Å². The number of carbonyl (C=O) groups excluding carboxylic acids is 1. The lowest BCUT2D eigenvalue weighted by Crippen LogP contribution is -3.08. The van der Waals surface area contributed by atoms with Crippen molar-refractivity contribution >= 4 is 11.6 Å². The van der Waals surface area contributed by atoms with Crippen LogP contribution in [-0.2, 0) is 11.3 Å². The average Bonchev–Trinajstić information content (AvgIpc) is 2.44. The van der Waals surface area contributed by atoms with Crippen LogP contribution in [0.1, 0.15) is 11.1 Å². The van der Waals surface area contributed by atoms with Crippen LogP contribution in [0.5, 0.6) is 0 Å². The largest absolute Gasteiger partial charge is 0.326 e. The summed E-state index contributed by atoms with van der Waals surface area (Å²) in [7, 11) is 1.88. The summed E-state index contributed by atoms with van der Waals surface area (Å²) in [6.45, 7) is 2.77. The van der Waals surface area contributed by atoms with E-state index in [0.717, 1.165) is 16.2 Å². The van der Waals surface area contributed by atoms with E-state index < -0.39 is 0 Å². The van der Waals surface area contributed by atoms with Crippen LogP contribution in [0.4, 0.5) is 10.1 Å². The fourth-order valence-corrected chi connectivity index (χ4v) is 2.15. The molecule has 2 N–H and O–H groups in total. The zero-order valence-electron chi connectivity index (χ0n) is 12.3. The van der Waals surface area contributed by atoms with E-state index in [4.69, 9.17) is 0 Å². The smallest absolute Gasteiger partial charge is 0.279 e. The quantitative estimate of drug-likeness (QED) is 0.863. The molecule has 2 aromatic rings. The molecule has 1 atom stereocenters. The second kappa shape index (κ2) is 6.99. The molecule has 0 bridgehead atoms. The number of likely N-dealkylation sites (N-methyl/N-ethyl adjacent to an activating group) is 1. The molecule has 0 fully saturated rings. The number of anilines is 1. The van der Waals surface area contributed by atoms with Crippen LogP contribution in [0, 0.1) is 12.7 Å². The molecule has 1 amide bonds. The van der Waals surface area contributed by atoms with E-state index in [0.29, 0.717) is 18.7 Å². The first kappa shape index (κ1) is 15.2. The van der Waals surface area contributed by atoms with Crippen molar-refractivity contribution < 1.29 is 14.1 Å². The lowest BCUT2D eigenvalue weighted by molar-refractivity contribution is -0.885. The first-order valence-electron chi connectivity index (χ1n) is 6.96. The van der Waals surface area contributed by atoms with E-state index in [1.807, 2.05) is 38.2 Å². The summed E-state index contributed by atoms with van der Waals surface area (Å²) in [5.74, 6) is -0.302. The van der Waals surface area contributed by atoms with Gasteiger partial charge in [-0.1, -0.05) is 35.9 Å². The van der Waals surface area contributed by atoms with Gasteiger partial charge in [0.15, 0.2) is 6.54 Å². The number of benzene rings is 2. The van der Waals surface area contributed by atoms with Gasteiger partial charge in [-0.15, -0.1) is 0 Å². The Kier molecular flexibility index (Phi) is 5.06. The molecule has 0 aliphatic rings. The second-order valence-electron chi connectivity index (χ2n) is 5.32. The molecule has 110 valence electrons. The lowest BCUT2D eigenvalue weighted by atomic mass is 10.2. The van der Waals surface area contributed by atoms with Gasteiger partial charge in [0.05, 0.1) is 7.05 Å². The minimum atomic E-state index is -0.226. The van der Waals surface area contributed by atoms with Crippen molar-refractivity contribution in [2.75, 3.05) is 18.9 Å². The summed E-state index contributed by atoms with van der Waals surface area (Å²) in [6, 6.07) is 14.3. The van der Waals surface area contributed by atoms with Crippen molar-refractivity contribution in [1.29, 1.82) is 0 Å². The number of nitrogens with one attached hydrogen (secondary N) is 2. The summed E-state index contributed by atoms with van der Waals surface area (Å²) in [4.78, 5) is 12.9. The van der Waals surface area contributed by atoms with Crippen LogP contribution >= 0.6 is 0 Å². The fraction of sp³-hybridized carbons (Fsp3) is 0.235. The number of hydrogen-bond acceptors (Lipinski definition) is 1. The minimum absolute atomic E-state index is 0.0762. The van der Waals surface area contributed by atoms with Crippen LogP contribution in [0.15, 0.2) is 48.5 Å². The van der Waals surface area contributed by atoms with Gasteiger partial charge in [-0.25, -0.2) is 4.39 Å². The third-order valence-electron chi connectivity index (χ3n) is 3.25. The topological polar surface area (TPSA) is 33.5 Å². The fourth-order valence-electron chi connectivity index (χ4n) is 2.15. The van der Waals surface area contributed by atoms with Gasteiger partial charge in [0, 0.05) is 11.3 Å². The van der Waals surface area contributed by atoms with Gasteiger partial charge < -0.3 is 10.2 Å². The standard InChI is InChI=1S/C17H19FN2O/c1-13-7-9-15(10-8-13)19-17(21)12-20(2)11-14-5-3-4-6-16(14)18/h3-10H,11-12H2,1-2H3,(H,19,21)/p+1. The van der Waals surface area contributed by atoms with Crippen molar-refractivity contribution in [2.45, 2.75) is 13.5 Å². The molecule has 1 unspecified atom stereocenters. The van der Waals surface area contributed by atoms with Gasteiger partial charge in [0.2, 0.25) is 0 Å². The van der Waals surface area contributed by atoms with Gasteiger partial charge in [-0.2, -0.15) is 0 Å². The summed E-state index contributed by atoms with van der Waals surface area (Å²) in [6.07, 6.45) is 0. The molecule has 0 saturated heterocycles. The predicted molar refractivity (Wildman–Crippen MR) is 81.7 cm³/mol. The maximum atomic E-state index is 13.6. The third kappa shape index (κ3) is 4.68. The molecule has 2 rings (SSSR count). The first-order valence-corrected chi connectivity index (χ1v) is 6.96. The highest BCUT2D eigenvalue weighted by atomic mass is 19.1. The number of rotatable bonds is 5. The van der Waals surface area contributed by atoms with Crippen LogP contribution in [0.2, 0.25) is 0 Å². The highest BCUT2D eigenvalue weighted by molar-refractivity contribution is 5.91.